The van der Waals surface area contributed by atoms with E-state index in [1.165, 1.54) is 4.80 Å². The molecule has 0 aliphatic carbocycles. The van der Waals surface area contributed by atoms with Gasteiger partial charge in [-0.2, -0.15) is 4.80 Å². The topological polar surface area (TPSA) is 93.3 Å². The van der Waals surface area contributed by atoms with Crippen LogP contribution in [-0.4, -0.2) is 49.2 Å². The van der Waals surface area contributed by atoms with Crippen LogP contribution in [0.25, 0.3) is 0 Å². The first-order valence-corrected chi connectivity index (χ1v) is 3.90. The zero-order chi connectivity index (χ0) is 9.42. The molecule has 0 radical (unpaired) electrons. The maximum atomic E-state index is 9.43. The molecule has 1 aliphatic rings. The van der Waals surface area contributed by atoms with Crippen molar-refractivity contribution in [3.05, 3.63) is 5.82 Å². The molecule has 2 N–H and O–H groups in total. The van der Waals surface area contributed by atoms with Gasteiger partial charge in [0.2, 0.25) is 5.82 Å². The van der Waals surface area contributed by atoms with Crippen LogP contribution in [0.4, 0.5) is 0 Å². The zero-order valence-corrected chi connectivity index (χ0v) is 7.03. The second kappa shape index (κ2) is 3.02. The molecule has 0 saturated carbocycles. The van der Waals surface area contributed by atoms with E-state index in [4.69, 9.17) is 4.74 Å². The lowest BCUT2D eigenvalue weighted by Crippen LogP contribution is -2.25. The first-order valence-electron chi connectivity index (χ1n) is 3.90. The molecule has 1 saturated heterocycles. The highest BCUT2D eigenvalue weighted by Gasteiger charge is 2.38. The molecule has 3 atom stereocenters. The molecular formula is C6H10N4O3. The van der Waals surface area contributed by atoms with Gasteiger partial charge < -0.3 is 14.9 Å². The molecule has 0 spiro atoms. The Kier molecular flexibility index (Phi) is 1.98. The molecule has 2 heterocycles. The fraction of sp³-hybridized carbons (Fsp3) is 0.833. The number of aryl methyl sites for hydroxylation is 1. The van der Waals surface area contributed by atoms with E-state index < -0.39 is 18.3 Å². The molecular weight excluding hydrogens is 176 g/mol. The van der Waals surface area contributed by atoms with E-state index in [0.29, 0.717) is 5.82 Å². The standard InChI is InChI=1S/C6H10N4O3/c1-10-8-6(7-9-10)5-4(12)3(11)2-13-5/h3-5,11-12H,2H2,1H3. The van der Waals surface area contributed by atoms with Crippen LogP contribution >= 0.6 is 0 Å². The smallest absolute Gasteiger partial charge is 0.206 e. The van der Waals surface area contributed by atoms with E-state index in [0.717, 1.165) is 0 Å². The molecule has 3 unspecified atom stereocenters. The Morgan fingerprint density at radius 2 is 2.31 bits per heavy atom. The molecule has 1 aliphatic heterocycles. The molecule has 13 heavy (non-hydrogen) atoms. The highest BCUT2D eigenvalue weighted by Crippen LogP contribution is 2.26. The van der Waals surface area contributed by atoms with Gasteiger partial charge in [-0.1, -0.05) is 0 Å². The third-order valence-corrected chi connectivity index (χ3v) is 1.93. The minimum Gasteiger partial charge on any atom is -0.388 e. The summed E-state index contributed by atoms with van der Waals surface area (Å²) >= 11 is 0. The van der Waals surface area contributed by atoms with Crippen LogP contribution in [0.1, 0.15) is 11.9 Å². The van der Waals surface area contributed by atoms with Gasteiger partial charge in [0.15, 0.2) is 0 Å². The number of tetrazole rings is 1. The van der Waals surface area contributed by atoms with Gasteiger partial charge in [-0.3, -0.25) is 0 Å². The normalized spacial score (nSPS) is 33.9. The number of hydrogen-bond acceptors (Lipinski definition) is 6. The molecule has 1 aromatic heterocycles. The van der Waals surface area contributed by atoms with Gasteiger partial charge in [0.05, 0.1) is 13.7 Å². The van der Waals surface area contributed by atoms with Gasteiger partial charge in [-0.25, -0.2) is 0 Å². The third-order valence-electron chi connectivity index (χ3n) is 1.93. The molecule has 1 aromatic rings. The SMILES string of the molecule is Cn1nnc(C2OCC(O)C2O)n1. The largest absolute Gasteiger partial charge is 0.388 e. The van der Waals surface area contributed by atoms with Crippen molar-refractivity contribution in [2.75, 3.05) is 6.61 Å². The molecule has 0 amide bonds. The molecule has 72 valence electrons. The van der Waals surface area contributed by atoms with Gasteiger partial charge in [0.1, 0.15) is 18.3 Å². The second-order valence-electron chi connectivity index (χ2n) is 2.95. The quantitative estimate of drug-likeness (QED) is 0.527. The van der Waals surface area contributed by atoms with Gasteiger partial charge in [0.25, 0.3) is 0 Å². The Morgan fingerprint density at radius 1 is 1.54 bits per heavy atom. The van der Waals surface area contributed by atoms with E-state index in [9.17, 15) is 10.2 Å². The van der Waals surface area contributed by atoms with Crippen molar-refractivity contribution in [2.24, 2.45) is 7.05 Å². The maximum absolute atomic E-state index is 9.43. The Hall–Kier alpha value is -1.05. The van der Waals surface area contributed by atoms with Crippen molar-refractivity contribution < 1.29 is 14.9 Å². The predicted octanol–water partition coefficient (Wildman–Crippen LogP) is -2.00. The average molecular weight is 186 g/mol. The second-order valence-corrected chi connectivity index (χ2v) is 2.95. The van der Waals surface area contributed by atoms with E-state index in [1.54, 1.807) is 7.05 Å². The summed E-state index contributed by atoms with van der Waals surface area (Å²) in [5.74, 6) is 0.298. The van der Waals surface area contributed by atoms with E-state index in [2.05, 4.69) is 15.4 Å². The van der Waals surface area contributed by atoms with Crippen LogP contribution in [0.5, 0.6) is 0 Å². The van der Waals surface area contributed by atoms with Gasteiger partial charge in [0, 0.05) is 0 Å². The number of aliphatic hydroxyl groups is 2. The predicted molar refractivity (Wildman–Crippen MR) is 39.5 cm³/mol. The average Bonchev–Trinajstić information content (AvgIpc) is 2.62. The minimum atomic E-state index is -0.968. The van der Waals surface area contributed by atoms with Crippen LogP contribution in [0.15, 0.2) is 0 Å². The number of aromatic nitrogens is 4. The summed E-state index contributed by atoms with van der Waals surface area (Å²) in [6.07, 6.45) is -2.50. The minimum absolute atomic E-state index is 0.101. The summed E-state index contributed by atoms with van der Waals surface area (Å²) in [5.41, 5.74) is 0. The lowest BCUT2D eigenvalue weighted by Gasteiger charge is -2.09. The molecule has 7 nitrogen and oxygen atoms in total. The van der Waals surface area contributed by atoms with Gasteiger partial charge >= 0.3 is 0 Å². The summed E-state index contributed by atoms with van der Waals surface area (Å²) in [5, 5.41) is 29.8. The zero-order valence-electron chi connectivity index (χ0n) is 7.03. The fourth-order valence-corrected chi connectivity index (χ4v) is 1.24. The lowest BCUT2D eigenvalue weighted by atomic mass is 10.1. The Bertz CT molecular complexity index is 302. The van der Waals surface area contributed by atoms with Crippen molar-refractivity contribution in [3.63, 3.8) is 0 Å². The van der Waals surface area contributed by atoms with Crippen LogP contribution in [0.3, 0.4) is 0 Å². The maximum Gasteiger partial charge on any atom is 0.206 e. The first-order chi connectivity index (χ1) is 6.18. The summed E-state index contributed by atoms with van der Waals surface area (Å²) in [7, 11) is 1.62. The highest BCUT2D eigenvalue weighted by atomic mass is 16.5. The van der Waals surface area contributed by atoms with E-state index in [-0.39, 0.29) is 6.61 Å². The Balaban J connectivity index is 2.18. The van der Waals surface area contributed by atoms with Crippen molar-refractivity contribution in [3.8, 4) is 0 Å². The van der Waals surface area contributed by atoms with Gasteiger partial charge in [-0.15, -0.1) is 10.2 Å². The lowest BCUT2D eigenvalue weighted by molar-refractivity contribution is 0.0182. The van der Waals surface area contributed by atoms with E-state index >= 15 is 0 Å². The molecule has 7 heteroatoms. The third kappa shape index (κ3) is 1.41. The Morgan fingerprint density at radius 3 is 2.77 bits per heavy atom. The fourth-order valence-electron chi connectivity index (χ4n) is 1.24. The Labute approximate surface area is 73.9 Å². The van der Waals surface area contributed by atoms with Crippen molar-refractivity contribution >= 4 is 0 Å². The summed E-state index contributed by atoms with van der Waals surface area (Å²) in [6.45, 7) is 0.101. The monoisotopic (exact) mass is 186 g/mol. The highest BCUT2D eigenvalue weighted by molar-refractivity contribution is 4.96. The summed E-state index contributed by atoms with van der Waals surface area (Å²) in [6, 6.07) is 0. The molecule has 0 aromatic carbocycles. The number of ether oxygens (including phenoxy) is 1. The number of nitrogens with zero attached hydrogens (tertiary/aromatic N) is 4. The molecule has 2 rings (SSSR count). The van der Waals surface area contributed by atoms with E-state index in [1.807, 2.05) is 0 Å². The summed E-state index contributed by atoms with van der Waals surface area (Å²) in [4.78, 5) is 1.27. The van der Waals surface area contributed by atoms with Crippen LogP contribution in [0, 0.1) is 0 Å². The van der Waals surface area contributed by atoms with Crippen molar-refractivity contribution in [2.45, 2.75) is 18.3 Å². The van der Waals surface area contributed by atoms with Crippen molar-refractivity contribution in [1.82, 2.24) is 20.2 Å². The number of rotatable bonds is 1. The van der Waals surface area contributed by atoms with Crippen LogP contribution < -0.4 is 0 Å². The van der Waals surface area contributed by atoms with Crippen molar-refractivity contribution in [1.29, 1.82) is 0 Å². The number of aliphatic hydroxyl groups excluding tert-OH is 2. The summed E-state index contributed by atoms with van der Waals surface area (Å²) < 4.78 is 5.10. The molecule has 1 fully saturated rings. The molecule has 0 bridgehead atoms. The van der Waals surface area contributed by atoms with Crippen LogP contribution in [-0.2, 0) is 11.8 Å². The van der Waals surface area contributed by atoms with Gasteiger partial charge in [-0.05, 0) is 5.21 Å². The number of hydrogen-bond donors (Lipinski definition) is 2. The van der Waals surface area contributed by atoms with Crippen LogP contribution in [0.2, 0.25) is 0 Å². The first kappa shape index (κ1) is 8.54.